The van der Waals surface area contributed by atoms with Gasteiger partial charge in [-0.1, -0.05) is 43.1 Å². The molecule has 1 aromatic carbocycles. The first kappa shape index (κ1) is 16.2. The van der Waals surface area contributed by atoms with Crippen molar-refractivity contribution >= 4 is 27.7 Å². The molecule has 0 spiro atoms. The van der Waals surface area contributed by atoms with Gasteiger partial charge in [0.25, 0.3) is 0 Å². The summed E-state index contributed by atoms with van der Waals surface area (Å²) in [5, 5.41) is 7.79. The summed E-state index contributed by atoms with van der Waals surface area (Å²) in [6.07, 6.45) is 3.13. The molecular weight excluding hydrogens is 354 g/mol. The van der Waals surface area contributed by atoms with Gasteiger partial charge in [-0.05, 0) is 37.1 Å². The van der Waals surface area contributed by atoms with E-state index in [9.17, 15) is 4.79 Å². The highest BCUT2D eigenvalue weighted by Crippen LogP contribution is 2.30. The first-order valence-corrected chi connectivity index (χ1v) is 8.81. The van der Waals surface area contributed by atoms with Crippen LogP contribution in [0.25, 0.3) is 5.69 Å². The number of carbonyl (C=O) groups is 1. The Kier molecular flexibility index (Phi) is 4.32. The number of aromatic nitrogens is 2. The summed E-state index contributed by atoms with van der Waals surface area (Å²) in [4.78, 5) is 12.3. The average molecular weight is 376 g/mol. The van der Waals surface area contributed by atoms with Crippen molar-refractivity contribution in [2.75, 3.05) is 5.32 Å². The molecule has 2 aromatic rings. The van der Waals surface area contributed by atoms with E-state index in [4.69, 9.17) is 5.10 Å². The van der Waals surface area contributed by atoms with Crippen molar-refractivity contribution in [1.29, 1.82) is 0 Å². The summed E-state index contributed by atoms with van der Waals surface area (Å²) < 4.78 is 2.84. The van der Waals surface area contributed by atoms with E-state index in [-0.39, 0.29) is 17.2 Å². The fraction of sp³-hybridized carbons (Fsp3) is 0.444. The predicted molar refractivity (Wildman–Crippen MR) is 95.9 cm³/mol. The number of carbonyl (C=O) groups excluding carboxylic acids is 1. The number of hydrogen-bond acceptors (Lipinski definition) is 2. The van der Waals surface area contributed by atoms with Crippen LogP contribution >= 0.6 is 15.9 Å². The summed E-state index contributed by atoms with van der Waals surface area (Å²) in [6.45, 7) is 6.37. The zero-order valence-electron chi connectivity index (χ0n) is 13.8. The van der Waals surface area contributed by atoms with Gasteiger partial charge in [-0.25, -0.2) is 4.68 Å². The summed E-state index contributed by atoms with van der Waals surface area (Å²) in [5.74, 6) is 1.01. The van der Waals surface area contributed by atoms with Crippen molar-refractivity contribution in [2.45, 2.75) is 45.4 Å². The number of benzene rings is 1. The summed E-state index contributed by atoms with van der Waals surface area (Å²) >= 11 is 3.45. The molecule has 1 N–H and O–H groups in total. The van der Waals surface area contributed by atoms with Crippen LogP contribution in [0, 0.1) is 5.92 Å². The average Bonchev–Trinajstić information content (AvgIpc) is 2.81. The van der Waals surface area contributed by atoms with Crippen LogP contribution in [0.5, 0.6) is 0 Å². The third-order valence-electron chi connectivity index (χ3n) is 4.28. The van der Waals surface area contributed by atoms with Gasteiger partial charge in [-0.2, -0.15) is 5.10 Å². The molecule has 1 aliphatic carbocycles. The highest BCUT2D eigenvalue weighted by atomic mass is 79.9. The van der Waals surface area contributed by atoms with E-state index in [0.717, 1.165) is 40.9 Å². The Labute approximate surface area is 145 Å². The van der Waals surface area contributed by atoms with Crippen LogP contribution in [0.2, 0.25) is 0 Å². The van der Waals surface area contributed by atoms with Crippen molar-refractivity contribution in [3.63, 3.8) is 0 Å². The van der Waals surface area contributed by atoms with E-state index in [1.165, 1.54) is 0 Å². The van der Waals surface area contributed by atoms with Crippen LogP contribution < -0.4 is 5.32 Å². The standard InChI is InChI=1S/C18H22BrN3O/c1-18(2,3)15-11-16(20-17(23)12-5-4-6-12)22(21-15)14-9-7-13(19)8-10-14/h7-12H,4-6H2,1-3H3,(H,20,23). The van der Waals surface area contributed by atoms with Gasteiger partial charge in [0.15, 0.2) is 0 Å². The van der Waals surface area contributed by atoms with Gasteiger partial charge in [0.2, 0.25) is 5.91 Å². The second-order valence-electron chi connectivity index (χ2n) is 7.17. The molecule has 1 fully saturated rings. The summed E-state index contributed by atoms with van der Waals surface area (Å²) in [7, 11) is 0. The van der Waals surface area contributed by atoms with Gasteiger partial charge in [-0.3, -0.25) is 4.79 Å². The molecule has 1 amide bonds. The Bertz CT molecular complexity index is 709. The second kappa shape index (κ2) is 6.11. The molecule has 0 bridgehead atoms. The lowest BCUT2D eigenvalue weighted by Gasteiger charge is -2.24. The minimum atomic E-state index is -0.0729. The minimum absolute atomic E-state index is 0.0729. The molecule has 122 valence electrons. The number of nitrogens with one attached hydrogen (secondary N) is 1. The SMILES string of the molecule is CC(C)(C)c1cc(NC(=O)C2CCC2)n(-c2ccc(Br)cc2)n1. The molecular formula is C18H22BrN3O. The number of amides is 1. The first-order valence-electron chi connectivity index (χ1n) is 8.02. The van der Waals surface area contributed by atoms with Gasteiger partial charge < -0.3 is 5.32 Å². The zero-order chi connectivity index (χ0) is 16.6. The van der Waals surface area contributed by atoms with Crippen molar-refractivity contribution in [1.82, 2.24) is 9.78 Å². The predicted octanol–water partition coefficient (Wildman–Crippen LogP) is 4.67. The molecule has 5 heteroatoms. The molecule has 3 rings (SSSR count). The Balaban J connectivity index is 1.96. The maximum Gasteiger partial charge on any atom is 0.228 e. The Morgan fingerprint density at radius 1 is 1.26 bits per heavy atom. The molecule has 0 saturated heterocycles. The van der Waals surface area contributed by atoms with Crippen LogP contribution in [0.4, 0.5) is 5.82 Å². The highest BCUT2D eigenvalue weighted by molar-refractivity contribution is 9.10. The van der Waals surface area contributed by atoms with E-state index in [2.05, 4.69) is 42.0 Å². The number of rotatable bonds is 3. The van der Waals surface area contributed by atoms with Crippen LogP contribution in [0.15, 0.2) is 34.8 Å². The lowest BCUT2D eigenvalue weighted by atomic mass is 9.85. The lowest BCUT2D eigenvalue weighted by molar-refractivity contribution is -0.122. The fourth-order valence-electron chi connectivity index (χ4n) is 2.51. The van der Waals surface area contributed by atoms with Gasteiger partial charge >= 0.3 is 0 Å². The maximum absolute atomic E-state index is 12.3. The molecule has 0 radical (unpaired) electrons. The van der Waals surface area contributed by atoms with E-state index < -0.39 is 0 Å². The number of halogens is 1. The van der Waals surface area contributed by atoms with Gasteiger partial charge in [-0.15, -0.1) is 0 Å². The van der Waals surface area contributed by atoms with Crippen molar-refractivity contribution < 1.29 is 4.79 Å². The van der Waals surface area contributed by atoms with Crippen LogP contribution in [0.1, 0.15) is 45.7 Å². The Morgan fingerprint density at radius 2 is 1.91 bits per heavy atom. The normalized spacial score (nSPS) is 15.3. The van der Waals surface area contributed by atoms with Gasteiger partial charge in [0, 0.05) is 21.9 Å². The molecule has 1 heterocycles. The summed E-state index contributed by atoms with van der Waals surface area (Å²) in [5.41, 5.74) is 1.83. The summed E-state index contributed by atoms with van der Waals surface area (Å²) in [6, 6.07) is 9.92. The molecule has 0 unspecified atom stereocenters. The molecule has 23 heavy (non-hydrogen) atoms. The van der Waals surface area contributed by atoms with Crippen molar-refractivity contribution in [3.05, 3.63) is 40.5 Å². The molecule has 1 aliphatic rings. The van der Waals surface area contributed by atoms with E-state index >= 15 is 0 Å². The number of anilines is 1. The minimum Gasteiger partial charge on any atom is -0.310 e. The van der Waals surface area contributed by atoms with E-state index in [1.807, 2.05) is 35.0 Å². The zero-order valence-corrected chi connectivity index (χ0v) is 15.4. The van der Waals surface area contributed by atoms with Crippen LogP contribution in [0.3, 0.4) is 0 Å². The van der Waals surface area contributed by atoms with Gasteiger partial charge in [0.1, 0.15) is 5.82 Å². The fourth-order valence-corrected chi connectivity index (χ4v) is 2.78. The largest absolute Gasteiger partial charge is 0.310 e. The van der Waals surface area contributed by atoms with Crippen molar-refractivity contribution in [3.8, 4) is 5.69 Å². The monoisotopic (exact) mass is 375 g/mol. The number of hydrogen-bond donors (Lipinski definition) is 1. The molecule has 4 nitrogen and oxygen atoms in total. The molecule has 1 saturated carbocycles. The Morgan fingerprint density at radius 3 is 2.43 bits per heavy atom. The highest BCUT2D eigenvalue weighted by Gasteiger charge is 2.27. The topological polar surface area (TPSA) is 46.9 Å². The third-order valence-corrected chi connectivity index (χ3v) is 4.80. The van der Waals surface area contributed by atoms with Crippen LogP contribution in [-0.4, -0.2) is 15.7 Å². The lowest BCUT2D eigenvalue weighted by Crippen LogP contribution is -2.28. The van der Waals surface area contributed by atoms with Gasteiger partial charge in [0.05, 0.1) is 11.4 Å². The van der Waals surface area contributed by atoms with E-state index in [0.29, 0.717) is 0 Å². The first-order chi connectivity index (χ1) is 10.8. The third kappa shape index (κ3) is 3.50. The molecule has 0 atom stereocenters. The quantitative estimate of drug-likeness (QED) is 0.846. The second-order valence-corrected chi connectivity index (χ2v) is 8.09. The molecule has 0 aliphatic heterocycles. The molecule has 1 aromatic heterocycles. The van der Waals surface area contributed by atoms with E-state index in [1.54, 1.807) is 0 Å². The maximum atomic E-state index is 12.3. The Hall–Kier alpha value is -1.62. The smallest absolute Gasteiger partial charge is 0.228 e. The van der Waals surface area contributed by atoms with Crippen LogP contribution in [-0.2, 0) is 10.2 Å². The van der Waals surface area contributed by atoms with Crippen molar-refractivity contribution in [2.24, 2.45) is 5.92 Å². The number of nitrogens with zero attached hydrogens (tertiary/aromatic N) is 2.